The van der Waals surface area contributed by atoms with Crippen LogP contribution in [0.15, 0.2) is 4.52 Å². The van der Waals surface area contributed by atoms with Gasteiger partial charge in [-0.2, -0.15) is 4.98 Å². The smallest absolute Gasteiger partial charge is 0.249 e. The fourth-order valence-electron chi connectivity index (χ4n) is 2.61. The summed E-state index contributed by atoms with van der Waals surface area (Å²) in [4.78, 5) is 29.5. The van der Waals surface area contributed by atoms with E-state index in [1.54, 1.807) is 6.92 Å². The topological polar surface area (TPSA) is 114 Å². The van der Waals surface area contributed by atoms with Crippen LogP contribution < -0.4 is 11.1 Å². The van der Waals surface area contributed by atoms with Crippen LogP contribution in [0.1, 0.15) is 43.9 Å². The zero-order valence-corrected chi connectivity index (χ0v) is 13.0. The average Bonchev–Trinajstić information content (AvgIpc) is 2.91. The summed E-state index contributed by atoms with van der Waals surface area (Å²) in [5.41, 5.74) is 5.30. The molecule has 3 N–H and O–H groups in total. The molecule has 0 saturated carbocycles. The van der Waals surface area contributed by atoms with Crippen LogP contribution in [0.2, 0.25) is 0 Å². The van der Waals surface area contributed by atoms with Gasteiger partial charge in [0.1, 0.15) is 6.04 Å². The van der Waals surface area contributed by atoms with Gasteiger partial charge in [-0.15, -0.1) is 0 Å². The molecule has 1 aromatic rings. The molecular formula is C14H23N5O3. The number of primary amides is 1. The molecule has 8 heteroatoms. The molecule has 0 bridgehead atoms. The van der Waals surface area contributed by atoms with Crippen LogP contribution in [0.3, 0.4) is 0 Å². The van der Waals surface area contributed by atoms with E-state index >= 15 is 0 Å². The first-order valence-electron chi connectivity index (χ1n) is 7.60. The van der Waals surface area contributed by atoms with Gasteiger partial charge in [-0.1, -0.05) is 12.1 Å². The van der Waals surface area contributed by atoms with Crippen molar-refractivity contribution >= 4 is 11.8 Å². The lowest BCUT2D eigenvalue weighted by Crippen LogP contribution is -2.44. The SMILES string of the molecule is CC[C@@H](NC(=O)CN1CCC(C(N)=O)CC1)c1nc(C)no1. The molecule has 0 spiro atoms. The van der Waals surface area contributed by atoms with Gasteiger partial charge in [-0.25, -0.2) is 0 Å². The van der Waals surface area contributed by atoms with Gasteiger partial charge in [0.2, 0.25) is 17.7 Å². The first-order chi connectivity index (χ1) is 10.5. The third kappa shape index (κ3) is 4.27. The highest BCUT2D eigenvalue weighted by Crippen LogP contribution is 2.17. The standard InChI is InChI=1S/C14H23N5O3/c1-3-11(14-16-9(2)18-22-14)17-12(20)8-19-6-4-10(5-7-19)13(15)21/h10-11H,3-8H2,1-2H3,(H2,15,21)(H,17,20)/t11-/m1/s1. The van der Waals surface area contributed by atoms with E-state index in [0.29, 0.717) is 50.6 Å². The van der Waals surface area contributed by atoms with Crippen molar-refractivity contribution in [3.05, 3.63) is 11.7 Å². The number of carbonyl (C=O) groups is 2. The van der Waals surface area contributed by atoms with Crippen LogP contribution in [0.4, 0.5) is 0 Å². The third-order valence-electron chi connectivity index (χ3n) is 3.94. The van der Waals surface area contributed by atoms with Crippen molar-refractivity contribution in [3.63, 3.8) is 0 Å². The summed E-state index contributed by atoms with van der Waals surface area (Å²) < 4.78 is 5.11. The maximum atomic E-state index is 12.1. The molecule has 22 heavy (non-hydrogen) atoms. The Morgan fingerprint density at radius 3 is 2.64 bits per heavy atom. The Balaban J connectivity index is 1.81. The number of amides is 2. The number of nitrogens with zero attached hydrogens (tertiary/aromatic N) is 3. The summed E-state index contributed by atoms with van der Waals surface area (Å²) in [7, 11) is 0. The van der Waals surface area contributed by atoms with Crippen molar-refractivity contribution in [2.24, 2.45) is 11.7 Å². The number of nitrogens with two attached hydrogens (primary N) is 1. The summed E-state index contributed by atoms with van der Waals surface area (Å²) in [6.07, 6.45) is 2.10. The first kappa shape index (κ1) is 16.4. The van der Waals surface area contributed by atoms with Crippen molar-refractivity contribution in [1.82, 2.24) is 20.4 Å². The zero-order valence-electron chi connectivity index (χ0n) is 13.0. The van der Waals surface area contributed by atoms with Crippen LogP contribution in [0.25, 0.3) is 0 Å². The second kappa shape index (κ2) is 7.35. The Hall–Kier alpha value is -1.96. The number of carbonyl (C=O) groups excluding carboxylic acids is 2. The monoisotopic (exact) mass is 309 g/mol. The predicted molar refractivity (Wildman–Crippen MR) is 78.6 cm³/mol. The normalized spacial score (nSPS) is 18.1. The number of aromatic nitrogens is 2. The summed E-state index contributed by atoms with van der Waals surface area (Å²) >= 11 is 0. The Labute approximate surface area is 129 Å². The van der Waals surface area contributed by atoms with E-state index in [1.165, 1.54) is 0 Å². The fourth-order valence-corrected chi connectivity index (χ4v) is 2.61. The molecule has 2 heterocycles. The highest BCUT2D eigenvalue weighted by Gasteiger charge is 2.25. The number of nitrogens with one attached hydrogen (secondary N) is 1. The van der Waals surface area contributed by atoms with E-state index in [4.69, 9.17) is 10.3 Å². The van der Waals surface area contributed by atoms with Gasteiger partial charge < -0.3 is 15.6 Å². The minimum Gasteiger partial charge on any atom is -0.369 e. The second-order valence-corrected chi connectivity index (χ2v) is 5.66. The maximum absolute atomic E-state index is 12.1. The summed E-state index contributed by atoms with van der Waals surface area (Å²) in [6.45, 7) is 5.40. The Morgan fingerprint density at radius 2 is 2.14 bits per heavy atom. The molecule has 1 saturated heterocycles. The van der Waals surface area contributed by atoms with E-state index in [2.05, 4.69) is 15.5 Å². The second-order valence-electron chi connectivity index (χ2n) is 5.66. The number of hydrogen-bond donors (Lipinski definition) is 2. The van der Waals surface area contributed by atoms with Gasteiger partial charge in [-0.3, -0.25) is 14.5 Å². The summed E-state index contributed by atoms with van der Waals surface area (Å²) in [5, 5.41) is 6.65. The van der Waals surface area contributed by atoms with E-state index in [0.717, 1.165) is 0 Å². The molecule has 122 valence electrons. The van der Waals surface area contributed by atoms with Crippen molar-refractivity contribution in [3.8, 4) is 0 Å². The lowest BCUT2D eigenvalue weighted by atomic mass is 9.96. The number of rotatable bonds is 6. The molecule has 0 unspecified atom stereocenters. The molecule has 1 aromatic heterocycles. The number of aryl methyl sites for hydroxylation is 1. The fraction of sp³-hybridized carbons (Fsp3) is 0.714. The lowest BCUT2D eigenvalue weighted by Gasteiger charge is -2.30. The largest absolute Gasteiger partial charge is 0.369 e. The van der Waals surface area contributed by atoms with E-state index in [1.807, 2.05) is 11.8 Å². The Bertz CT molecular complexity index is 522. The molecule has 0 aliphatic carbocycles. The van der Waals surface area contributed by atoms with Crippen molar-refractivity contribution in [1.29, 1.82) is 0 Å². The minimum absolute atomic E-state index is 0.0657. The average molecular weight is 309 g/mol. The molecule has 1 aliphatic rings. The van der Waals surface area contributed by atoms with Crippen LogP contribution in [-0.4, -0.2) is 46.5 Å². The quantitative estimate of drug-likeness (QED) is 0.772. The van der Waals surface area contributed by atoms with Crippen molar-refractivity contribution in [2.75, 3.05) is 19.6 Å². The highest BCUT2D eigenvalue weighted by atomic mass is 16.5. The molecule has 2 rings (SSSR count). The minimum atomic E-state index is -0.267. The Morgan fingerprint density at radius 1 is 1.45 bits per heavy atom. The van der Waals surface area contributed by atoms with Gasteiger partial charge in [0.25, 0.3) is 0 Å². The lowest BCUT2D eigenvalue weighted by molar-refractivity contribution is -0.124. The highest BCUT2D eigenvalue weighted by molar-refractivity contribution is 5.79. The van der Waals surface area contributed by atoms with E-state index in [9.17, 15) is 9.59 Å². The Kier molecular flexibility index (Phi) is 5.48. The number of hydrogen-bond acceptors (Lipinski definition) is 6. The van der Waals surface area contributed by atoms with Gasteiger partial charge >= 0.3 is 0 Å². The maximum Gasteiger partial charge on any atom is 0.249 e. The number of likely N-dealkylation sites (tertiary alicyclic amines) is 1. The zero-order chi connectivity index (χ0) is 16.1. The van der Waals surface area contributed by atoms with E-state index in [-0.39, 0.29) is 23.8 Å². The van der Waals surface area contributed by atoms with Gasteiger partial charge in [0.05, 0.1) is 6.54 Å². The molecule has 1 atom stereocenters. The molecule has 8 nitrogen and oxygen atoms in total. The molecule has 0 aromatic carbocycles. The van der Waals surface area contributed by atoms with Crippen molar-refractivity contribution in [2.45, 2.75) is 39.2 Å². The van der Waals surface area contributed by atoms with Crippen LogP contribution >= 0.6 is 0 Å². The molecule has 1 aliphatic heterocycles. The molecule has 2 amide bonds. The van der Waals surface area contributed by atoms with Gasteiger partial charge in [0.15, 0.2) is 5.82 Å². The van der Waals surface area contributed by atoms with Crippen LogP contribution in [-0.2, 0) is 9.59 Å². The van der Waals surface area contributed by atoms with E-state index < -0.39 is 0 Å². The summed E-state index contributed by atoms with van der Waals surface area (Å²) in [5.74, 6) is 0.586. The van der Waals surface area contributed by atoms with Crippen LogP contribution in [0, 0.1) is 12.8 Å². The third-order valence-corrected chi connectivity index (χ3v) is 3.94. The molecule has 1 fully saturated rings. The van der Waals surface area contributed by atoms with Gasteiger partial charge in [0, 0.05) is 5.92 Å². The number of piperidine rings is 1. The summed E-state index contributed by atoms with van der Waals surface area (Å²) in [6, 6.07) is -0.267. The van der Waals surface area contributed by atoms with Crippen molar-refractivity contribution < 1.29 is 14.1 Å². The molecular weight excluding hydrogens is 286 g/mol. The van der Waals surface area contributed by atoms with Gasteiger partial charge in [-0.05, 0) is 39.3 Å². The molecule has 0 radical (unpaired) electrons. The van der Waals surface area contributed by atoms with Crippen LogP contribution in [0.5, 0.6) is 0 Å². The first-order valence-corrected chi connectivity index (χ1v) is 7.60. The predicted octanol–water partition coefficient (Wildman–Crippen LogP) is 0.143.